The van der Waals surface area contributed by atoms with Crippen LogP contribution in [0, 0.1) is 0 Å². The van der Waals surface area contributed by atoms with Gasteiger partial charge in [-0.1, -0.05) is 27.5 Å². The lowest BCUT2D eigenvalue weighted by Crippen LogP contribution is -2.48. The van der Waals surface area contributed by atoms with Crippen molar-refractivity contribution < 1.29 is 8.42 Å². The van der Waals surface area contributed by atoms with Gasteiger partial charge in [0.25, 0.3) is 0 Å². The smallest absolute Gasteiger partial charge is 0.242 e. The quantitative estimate of drug-likeness (QED) is 0.846. The molecule has 18 heavy (non-hydrogen) atoms. The summed E-state index contributed by atoms with van der Waals surface area (Å²) in [7, 11) is -3.68. The summed E-state index contributed by atoms with van der Waals surface area (Å²) in [4.78, 5) is 0.0371. The van der Waals surface area contributed by atoms with Crippen molar-refractivity contribution in [1.29, 1.82) is 0 Å². The van der Waals surface area contributed by atoms with Gasteiger partial charge in [-0.2, -0.15) is 0 Å². The first kappa shape index (κ1) is 18.1. The highest BCUT2D eigenvalue weighted by atomic mass is 79.9. The van der Waals surface area contributed by atoms with Gasteiger partial charge in [-0.05, 0) is 32.0 Å². The first-order valence-corrected chi connectivity index (χ1v) is 7.52. The van der Waals surface area contributed by atoms with Gasteiger partial charge in [-0.25, -0.2) is 13.1 Å². The standard InChI is InChI=1S/C10H14BrClN2O2S.ClH/c1-10(2,6-13)14-17(15,16)9-5-7(11)3-4-8(9)12;/h3-5,14H,6,13H2,1-2H3;1H. The summed E-state index contributed by atoms with van der Waals surface area (Å²) >= 11 is 9.09. The minimum atomic E-state index is -3.68. The van der Waals surface area contributed by atoms with Crippen molar-refractivity contribution in [3.63, 3.8) is 0 Å². The first-order valence-electron chi connectivity index (χ1n) is 4.87. The molecule has 1 rings (SSSR count). The molecule has 8 heteroatoms. The van der Waals surface area contributed by atoms with E-state index >= 15 is 0 Å². The van der Waals surface area contributed by atoms with Crippen molar-refractivity contribution in [3.05, 3.63) is 27.7 Å². The molecule has 0 saturated carbocycles. The molecule has 0 saturated heterocycles. The summed E-state index contributed by atoms with van der Waals surface area (Å²) in [6.07, 6.45) is 0. The zero-order valence-electron chi connectivity index (χ0n) is 9.91. The maximum absolute atomic E-state index is 12.1. The van der Waals surface area contributed by atoms with E-state index in [-0.39, 0.29) is 28.9 Å². The summed E-state index contributed by atoms with van der Waals surface area (Å²) in [6, 6.07) is 4.66. The molecule has 0 amide bonds. The molecular formula is C10H15BrCl2N2O2S. The van der Waals surface area contributed by atoms with Crippen LogP contribution in [-0.2, 0) is 10.0 Å². The van der Waals surface area contributed by atoms with Gasteiger partial charge in [-0.3, -0.25) is 0 Å². The molecular weight excluding hydrogens is 363 g/mol. The van der Waals surface area contributed by atoms with E-state index < -0.39 is 15.6 Å². The maximum atomic E-state index is 12.1. The maximum Gasteiger partial charge on any atom is 0.242 e. The van der Waals surface area contributed by atoms with Crippen molar-refractivity contribution in [3.8, 4) is 0 Å². The molecule has 0 aliphatic carbocycles. The second-order valence-corrected chi connectivity index (χ2v) is 7.24. The lowest BCUT2D eigenvalue weighted by Gasteiger charge is -2.24. The third kappa shape index (κ3) is 4.68. The Balaban J connectivity index is 0.00000289. The average molecular weight is 378 g/mol. The molecule has 104 valence electrons. The largest absolute Gasteiger partial charge is 0.329 e. The van der Waals surface area contributed by atoms with Gasteiger partial charge in [0.2, 0.25) is 10.0 Å². The highest BCUT2D eigenvalue weighted by Gasteiger charge is 2.26. The van der Waals surface area contributed by atoms with E-state index in [9.17, 15) is 8.42 Å². The molecule has 0 fully saturated rings. The van der Waals surface area contributed by atoms with Crippen LogP contribution in [0.5, 0.6) is 0 Å². The summed E-state index contributed by atoms with van der Waals surface area (Å²) < 4.78 is 27.4. The fraction of sp³-hybridized carbons (Fsp3) is 0.400. The van der Waals surface area contributed by atoms with E-state index in [0.717, 1.165) is 0 Å². The predicted molar refractivity (Wildman–Crippen MR) is 79.9 cm³/mol. The van der Waals surface area contributed by atoms with Gasteiger partial charge < -0.3 is 5.73 Å². The summed E-state index contributed by atoms with van der Waals surface area (Å²) in [6.45, 7) is 3.60. The molecule has 0 aromatic heterocycles. The zero-order chi connectivity index (χ0) is 13.3. The Bertz CT molecular complexity index is 521. The van der Waals surface area contributed by atoms with Crippen LogP contribution in [0.25, 0.3) is 0 Å². The van der Waals surface area contributed by atoms with E-state index in [1.807, 2.05) is 0 Å². The molecule has 0 aliphatic rings. The van der Waals surface area contributed by atoms with Crippen LogP contribution in [0.1, 0.15) is 13.8 Å². The van der Waals surface area contributed by atoms with Crippen LogP contribution in [0.2, 0.25) is 5.02 Å². The van der Waals surface area contributed by atoms with Crippen molar-refractivity contribution in [2.75, 3.05) is 6.54 Å². The van der Waals surface area contributed by atoms with Crippen molar-refractivity contribution in [2.45, 2.75) is 24.3 Å². The summed E-state index contributed by atoms with van der Waals surface area (Å²) in [5, 5.41) is 0.175. The van der Waals surface area contributed by atoms with Crippen LogP contribution in [-0.4, -0.2) is 20.5 Å². The summed E-state index contributed by atoms with van der Waals surface area (Å²) in [5.41, 5.74) is 4.77. The molecule has 0 bridgehead atoms. The number of sulfonamides is 1. The topological polar surface area (TPSA) is 72.2 Å². The van der Waals surface area contributed by atoms with Gasteiger partial charge in [-0.15, -0.1) is 12.4 Å². The fourth-order valence-electron chi connectivity index (χ4n) is 1.14. The SMILES string of the molecule is CC(C)(CN)NS(=O)(=O)c1cc(Br)ccc1Cl.Cl. The number of halogens is 3. The van der Waals surface area contributed by atoms with Crippen LogP contribution >= 0.6 is 39.9 Å². The highest BCUT2D eigenvalue weighted by Crippen LogP contribution is 2.25. The minimum Gasteiger partial charge on any atom is -0.329 e. The molecule has 0 aliphatic heterocycles. The number of hydrogen-bond acceptors (Lipinski definition) is 3. The number of rotatable bonds is 4. The van der Waals surface area contributed by atoms with Crippen molar-refractivity contribution in [2.24, 2.45) is 5.73 Å². The Morgan fingerprint density at radius 2 is 2.00 bits per heavy atom. The van der Waals surface area contributed by atoms with Gasteiger partial charge in [0.05, 0.1) is 5.02 Å². The predicted octanol–water partition coefficient (Wildman–Crippen LogP) is 2.54. The third-order valence-electron chi connectivity index (χ3n) is 2.10. The second kappa shape index (κ2) is 6.54. The zero-order valence-corrected chi connectivity index (χ0v) is 13.9. The van der Waals surface area contributed by atoms with Gasteiger partial charge in [0.15, 0.2) is 0 Å². The van der Waals surface area contributed by atoms with Gasteiger partial charge >= 0.3 is 0 Å². The first-order chi connectivity index (χ1) is 7.68. The van der Waals surface area contributed by atoms with Gasteiger partial charge in [0.1, 0.15) is 4.90 Å². The molecule has 0 atom stereocenters. The molecule has 1 aromatic carbocycles. The molecule has 4 nitrogen and oxygen atoms in total. The molecule has 0 spiro atoms. The number of benzene rings is 1. The third-order valence-corrected chi connectivity index (χ3v) is 4.78. The number of nitrogens with two attached hydrogens (primary N) is 1. The Kier molecular flexibility index (Phi) is 6.60. The Morgan fingerprint density at radius 3 is 2.50 bits per heavy atom. The highest BCUT2D eigenvalue weighted by molar-refractivity contribution is 9.10. The van der Waals surface area contributed by atoms with Crippen molar-refractivity contribution >= 4 is 50.0 Å². The van der Waals surface area contributed by atoms with E-state index in [4.69, 9.17) is 17.3 Å². The Morgan fingerprint density at radius 1 is 1.44 bits per heavy atom. The van der Waals surface area contributed by atoms with Crippen LogP contribution in [0.15, 0.2) is 27.6 Å². The van der Waals surface area contributed by atoms with Crippen LogP contribution in [0.3, 0.4) is 0 Å². The molecule has 0 unspecified atom stereocenters. The summed E-state index contributed by atoms with van der Waals surface area (Å²) in [5.74, 6) is 0. The lowest BCUT2D eigenvalue weighted by atomic mass is 10.1. The van der Waals surface area contributed by atoms with E-state index in [2.05, 4.69) is 20.7 Å². The molecule has 0 heterocycles. The molecule has 0 radical (unpaired) electrons. The fourth-order valence-corrected chi connectivity index (χ4v) is 3.61. The van der Waals surface area contributed by atoms with Crippen LogP contribution in [0.4, 0.5) is 0 Å². The Labute approximate surface area is 127 Å². The Hall–Kier alpha value is 0.150. The van der Waals surface area contributed by atoms with E-state index in [1.165, 1.54) is 12.1 Å². The van der Waals surface area contributed by atoms with Crippen LogP contribution < -0.4 is 10.5 Å². The number of nitrogens with one attached hydrogen (secondary N) is 1. The van der Waals surface area contributed by atoms with E-state index in [0.29, 0.717) is 4.47 Å². The number of hydrogen-bond donors (Lipinski definition) is 2. The molecule has 3 N–H and O–H groups in total. The second-order valence-electron chi connectivity index (χ2n) is 4.27. The van der Waals surface area contributed by atoms with Crippen molar-refractivity contribution in [1.82, 2.24) is 4.72 Å². The normalized spacial score (nSPS) is 12.1. The minimum absolute atomic E-state index is 0. The average Bonchev–Trinajstić information content (AvgIpc) is 2.20. The lowest BCUT2D eigenvalue weighted by molar-refractivity contribution is 0.462. The van der Waals surface area contributed by atoms with Gasteiger partial charge in [0, 0.05) is 16.6 Å². The van der Waals surface area contributed by atoms with E-state index in [1.54, 1.807) is 19.9 Å². The monoisotopic (exact) mass is 376 g/mol. The molecule has 1 aromatic rings.